The van der Waals surface area contributed by atoms with E-state index in [1.54, 1.807) is 28.4 Å². The van der Waals surface area contributed by atoms with Crippen LogP contribution in [0.25, 0.3) is 0 Å². The van der Waals surface area contributed by atoms with Crippen LogP contribution in [0, 0.1) is 22.9 Å². The molecule has 9 nitrogen and oxygen atoms in total. The van der Waals surface area contributed by atoms with Gasteiger partial charge in [0.05, 0.1) is 28.4 Å². The molecule has 0 bridgehead atoms. The molecular formula is C62H86N4O5S2. The van der Waals surface area contributed by atoms with Gasteiger partial charge in [0.1, 0.15) is 23.0 Å². The molecule has 4 unspecified atom stereocenters. The van der Waals surface area contributed by atoms with E-state index in [2.05, 4.69) is 117 Å². The van der Waals surface area contributed by atoms with Crippen LogP contribution in [0.5, 0.6) is 23.0 Å². The number of nitrogens with one attached hydrogen (secondary N) is 1. The third kappa shape index (κ3) is 17.3. The maximum atomic E-state index is 12.2. The molecule has 1 N–H and O–H groups in total. The Labute approximate surface area is 448 Å². The Bertz CT molecular complexity index is 2330. The van der Waals surface area contributed by atoms with Gasteiger partial charge in [0.15, 0.2) is 12.4 Å². The predicted octanol–water partition coefficient (Wildman–Crippen LogP) is 15.9. The van der Waals surface area contributed by atoms with E-state index < -0.39 is 0 Å². The molecule has 2 aliphatic heterocycles. The van der Waals surface area contributed by atoms with E-state index in [1.807, 2.05) is 29.7 Å². The van der Waals surface area contributed by atoms with Crippen molar-refractivity contribution in [1.29, 1.82) is 10.5 Å². The molecule has 0 spiro atoms. The highest BCUT2D eigenvalue weighted by Gasteiger charge is 2.42. The monoisotopic (exact) mass is 1030 g/mol. The van der Waals surface area contributed by atoms with Gasteiger partial charge in [0, 0.05) is 51.6 Å². The molecule has 0 radical (unpaired) electrons. The molecule has 0 aromatic heterocycles. The zero-order valence-electron chi connectivity index (χ0n) is 45.4. The molecule has 1 amide bonds. The van der Waals surface area contributed by atoms with Crippen molar-refractivity contribution < 1.29 is 23.7 Å². The number of carbonyl (C=O) groups excluding carboxylic acids is 1. The smallest absolute Gasteiger partial charge is 0.235 e. The lowest BCUT2D eigenvalue weighted by Gasteiger charge is -2.43. The van der Waals surface area contributed by atoms with E-state index in [0.29, 0.717) is 24.8 Å². The van der Waals surface area contributed by atoms with Crippen LogP contribution >= 0.6 is 23.5 Å². The minimum absolute atomic E-state index is 0.0151. The van der Waals surface area contributed by atoms with Crippen LogP contribution in [0.2, 0.25) is 0 Å². The second-order valence-electron chi connectivity index (χ2n) is 20.5. The molecule has 0 saturated carbocycles. The fourth-order valence-electron chi connectivity index (χ4n) is 10.8. The molecule has 2 heterocycles. The molecule has 0 saturated heterocycles. The van der Waals surface area contributed by atoms with E-state index in [-0.39, 0.29) is 16.7 Å². The third-order valence-electron chi connectivity index (χ3n) is 15.4. The van der Waals surface area contributed by atoms with Crippen LogP contribution in [0.3, 0.4) is 0 Å². The van der Waals surface area contributed by atoms with Crippen molar-refractivity contribution in [3.8, 4) is 35.4 Å². The number of carbonyl (C=O) groups is 1. The number of hydrogen-bond acceptors (Lipinski definition) is 10. The standard InChI is InChI=1S/C34H48N2O3S.C28H38N2O2S/c1-5-6-12-16-33(37)36(26-35)23-14-11-9-7-8-10-13-15-31-30-22-21-29(39-4)24-32(30)40-25-34(31,2)27-17-19-28(38-3)20-18-27;1-28(22-12-14-23(31-2)15-13-22)20-33-27-19-24(32-3)16-17-25(27)26(28)11-9-7-5-4-6-8-10-18-30-21-29/h17-22,24,31H,5-16,23,25H2,1-4H3;12-17,19,26,30H,4-11,18,20H2,1-3H3. The summed E-state index contributed by atoms with van der Waals surface area (Å²) >= 11 is 3.90. The van der Waals surface area contributed by atoms with Gasteiger partial charge in [-0.05, 0) is 115 Å². The van der Waals surface area contributed by atoms with Gasteiger partial charge in [-0.2, -0.15) is 10.5 Å². The van der Waals surface area contributed by atoms with E-state index in [4.69, 9.17) is 24.2 Å². The van der Waals surface area contributed by atoms with Crippen LogP contribution in [-0.2, 0) is 15.6 Å². The third-order valence-corrected chi connectivity index (χ3v) is 18.3. The van der Waals surface area contributed by atoms with Crippen LogP contribution in [0.1, 0.15) is 183 Å². The maximum absolute atomic E-state index is 12.2. The largest absolute Gasteiger partial charge is 0.497 e. The van der Waals surface area contributed by atoms with Crippen molar-refractivity contribution in [3.63, 3.8) is 0 Å². The fourth-order valence-corrected chi connectivity index (χ4v) is 13.6. The van der Waals surface area contributed by atoms with Crippen LogP contribution in [0.4, 0.5) is 0 Å². The molecule has 11 heteroatoms. The number of nitrogens with zero attached hydrogens (tertiary/aromatic N) is 3. The van der Waals surface area contributed by atoms with Gasteiger partial charge in [0.2, 0.25) is 5.91 Å². The normalized spacial score (nSPS) is 18.6. The fraction of sp³-hybridized carbons (Fsp3) is 0.565. The number of unbranched alkanes of at least 4 members (excludes halogenated alkanes) is 14. The Morgan fingerprint density at radius 2 is 0.986 bits per heavy atom. The highest BCUT2D eigenvalue weighted by atomic mass is 32.2. The SMILES string of the molecule is CCCCCC(=O)N(C#N)CCCCCCCCCC1c2ccc(OC)cc2SCC1(C)c1ccc(OC)cc1.COc1ccc(C2(C)CSc3cc(OC)ccc3C2CCCCCCCCCNC#N)cc1. The topological polar surface area (TPSA) is 117 Å². The molecule has 0 fully saturated rings. The lowest BCUT2D eigenvalue weighted by Crippen LogP contribution is -2.36. The number of hydrogen-bond donors (Lipinski definition) is 1. The number of benzene rings is 4. The van der Waals surface area contributed by atoms with Gasteiger partial charge in [-0.1, -0.05) is 147 Å². The van der Waals surface area contributed by atoms with Crippen molar-refractivity contribution in [2.45, 2.75) is 182 Å². The van der Waals surface area contributed by atoms with Gasteiger partial charge in [-0.15, -0.1) is 23.5 Å². The summed E-state index contributed by atoms with van der Waals surface area (Å²) in [5, 5.41) is 20.6. The van der Waals surface area contributed by atoms with Crippen LogP contribution in [-0.4, -0.2) is 63.8 Å². The molecule has 0 aliphatic carbocycles. The summed E-state index contributed by atoms with van der Waals surface area (Å²) in [5.74, 6) is 6.73. The zero-order valence-corrected chi connectivity index (χ0v) is 47.0. The first-order chi connectivity index (χ1) is 35.6. The summed E-state index contributed by atoms with van der Waals surface area (Å²) in [4.78, 5) is 16.3. The molecule has 2 aliphatic rings. The predicted molar refractivity (Wildman–Crippen MR) is 303 cm³/mol. The molecule has 4 aromatic carbocycles. The Morgan fingerprint density at radius 3 is 1.40 bits per heavy atom. The number of rotatable bonds is 30. The van der Waals surface area contributed by atoms with Crippen molar-refractivity contribution in [3.05, 3.63) is 107 Å². The molecule has 396 valence electrons. The second-order valence-corrected chi connectivity index (χ2v) is 22.5. The lowest BCUT2D eigenvalue weighted by molar-refractivity contribution is -0.128. The van der Waals surface area contributed by atoms with Crippen molar-refractivity contribution in [2.24, 2.45) is 0 Å². The van der Waals surface area contributed by atoms with Gasteiger partial charge in [-0.25, -0.2) is 4.90 Å². The minimum Gasteiger partial charge on any atom is -0.497 e. The number of methoxy groups -OCH3 is 4. The lowest BCUT2D eigenvalue weighted by atomic mass is 9.68. The molecule has 4 atom stereocenters. The highest BCUT2D eigenvalue weighted by molar-refractivity contribution is 7.99. The summed E-state index contributed by atoms with van der Waals surface area (Å²) in [6.07, 6.45) is 26.7. The number of amides is 1. The maximum Gasteiger partial charge on any atom is 0.235 e. The van der Waals surface area contributed by atoms with Gasteiger partial charge in [-0.3, -0.25) is 4.79 Å². The van der Waals surface area contributed by atoms with Gasteiger partial charge < -0.3 is 24.3 Å². The first-order valence-electron chi connectivity index (χ1n) is 27.3. The zero-order chi connectivity index (χ0) is 52.3. The average Bonchev–Trinajstić information content (AvgIpc) is 3.42. The van der Waals surface area contributed by atoms with E-state index >= 15 is 0 Å². The summed E-state index contributed by atoms with van der Waals surface area (Å²) in [6.45, 7) is 8.37. The van der Waals surface area contributed by atoms with Crippen molar-refractivity contribution in [1.82, 2.24) is 10.2 Å². The molecule has 4 aromatic rings. The summed E-state index contributed by atoms with van der Waals surface area (Å²) in [5.41, 5.74) is 5.83. The Kier molecular flexibility index (Phi) is 25.6. The van der Waals surface area contributed by atoms with E-state index in [1.165, 1.54) is 114 Å². The number of thioether (sulfide) groups is 2. The summed E-state index contributed by atoms with van der Waals surface area (Å²) < 4.78 is 21.8. The summed E-state index contributed by atoms with van der Waals surface area (Å²) in [7, 11) is 6.93. The number of nitriles is 2. The van der Waals surface area contributed by atoms with E-state index in [9.17, 15) is 10.1 Å². The first-order valence-corrected chi connectivity index (χ1v) is 29.3. The summed E-state index contributed by atoms with van der Waals surface area (Å²) in [6, 6.07) is 30.6. The Hall–Kier alpha value is -4.97. The highest BCUT2D eigenvalue weighted by Crippen LogP contribution is 2.54. The van der Waals surface area contributed by atoms with E-state index in [0.717, 1.165) is 86.0 Å². The van der Waals surface area contributed by atoms with Gasteiger partial charge >= 0.3 is 0 Å². The Morgan fingerprint density at radius 1 is 0.575 bits per heavy atom. The van der Waals surface area contributed by atoms with Crippen molar-refractivity contribution in [2.75, 3.05) is 53.0 Å². The number of ether oxygens (including phenoxy) is 4. The average molecular weight is 1030 g/mol. The Balaban J connectivity index is 0.000000276. The van der Waals surface area contributed by atoms with Gasteiger partial charge in [0.25, 0.3) is 0 Å². The van der Waals surface area contributed by atoms with Crippen molar-refractivity contribution >= 4 is 29.4 Å². The molecular weight excluding hydrogens is 945 g/mol. The quantitative estimate of drug-likeness (QED) is 0.0307. The van der Waals surface area contributed by atoms with Crippen LogP contribution in [0.15, 0.2) is 94.7 Å². The second kappa shape index (κ2) is 31.7. The number of fused-ring (bicyclic) bond motifs is 2. The minimum atomic E-state index is -0.0151. The molecule has 73 heavy (non-hydrogen) atoms. The first kappa shape index (κ1) is 58.9. The van der Waals surface area contributed by atoms with Crippen LogP contribution < -0.4 is 24.3 Å². The molecule has 6 rings (SSSR count).